The number of carbonyl (C=O) groups is 1. The van der Waals surface area contributed by atoms with Gasteiger partial charge in [0.2, 0.25) is 0 Å². The minimum absolute atomic E-state index is 0.163. The van der Waals surface area contributed by atoms with Crippen LogP contribution in [0.2, 0.25) is 5.02 Å². The van der Waals surface area contributed by atoms with Crippen LogP contribution in [0.15, 0.2) is 24.3 Å². The molecular formula is C16H24ClN3O. The van der Waals surface area contributed by atoms with Gasteiger partial charge in [0.15, 0.2) is 0 Å². The number of anilines is 1. The molecule has 0 bridgehead atoms. The van der Waals surface area contributed by atoms with Crippen LogP contribution in [-0.4, -0.2) is 37.1 Å². The maximum atomic E-state index is 11.7. The lowest BCUT2D eigenvalue weighted by molar-refractivity contribution is 0.182. The molecule has 2 amide bonds. The van der Waals surface area contributed by atoms with Gasteiger partial charge in [-0.05, 0) is 62.5 Å². The number of halogens is 1. The Balaban J connectivity index is 1.59. The van der Waals surface area contributed by atoms with Crippen LogP contribution in [0.5, 0.6) is 0 Å². The van der Waals surface area contributed by atoms with Gasteiger partial charge in [-0.25, -0.2) is 4.79 Å². The number of likely N-dealkylation sites (tertiary alicyclic amines) is 1. The van der Waals surface area contributed by atoms with E-state index in [0.717, 1.165) is 24.6 Å². The van der Waals surface area contributed by atoms with Crippen LogP contribution in [-0.2, 0) is 0 Å². The molecule has 1 saturated heterocycles. The average molecular weight is 310 g/mol. The Kier molecular flexibility index (Phi) is 6.33. The molecule has 1 aromatic rings. The van der Waals surface area contributed by atoms with Gasteiger partial charge in [0.1, 0.15) is 0 Å². The number of nitrogens with zero attached hydrogens (tertiary/aromatic N) is 1. The highest BCUT2D eigenvalue weighted by Gasteiger charge is 2.15. The molecule has 2 N–H and O–H groups in total. The lowest BCUT2D eigenvalue weighted by Crippen LogP contribution is -2.37. The van der Waals surface area contributed by atoms with E-state index in [1.165, 1.54) is 25.9 Å². The zero-order valence-electron chi connectivity index (χ0n) is 12.6. The van der Waals surface area contributed by atoms with Crippen LogP contribution in [0.3, 0.4) is 0 Å². The van der Waals surface area contributed by atoms with Gasteiger partial charge >= 0.3 is 6.03 Å². The molecule has 0 aliphatic carbocycles. The molecule has 4 nitrogen and oxygen atoms in total. The maximum absolute atomic E-state index is 11.7. The number of rotatable bonds is 5. The third-order valence-electron chi connectivity index (χ3n) is 3.78. The van der Waals surface area contributed by atoms with E-state index >= 15 is 0 Å². The van der Waals surface area contributed by atoms with Crippen LogP contribution in [0.4, 0.5) is 10.5 Å². The van der Waals surface area contributed by atoms with Crippen LogP contribution < -0.4 is 10.6 Å². The smallest absolute Gasteiger partial charge is 0.319 e. The highest BCUT2D eigenvalue weighted by Crippen LogP contribution is 2.15. The van der Waals surface area contributed by atoms with Crippen LogP contribution in [0, 0.1) is 5.92 Å². The van der Waals surface area contributed by atoms with Gasteiger partial charge < -0.3 is 15.5 Å². The molecule has 0 radical (unpaired) electrons. The molecule has 1 aromatic carbocycles. The molecule has 1 aliphatic heterocycles. The Morgan fingerprint density at radius 3 is 2.86 bits per heavy atom. The van der Waals surface area contributed by atoms with E-state index in [9.17, 15) is 4.79 Å². The summed E-state index contributed by atoms with van der Waals surface area (Å²) >= 11 is 5.80. The first-order valence-electron chi connectivity index (χ1n) is 7.66. The summed E-state index contributed by atoms with van der Waals surface area (Å²) in [5.41, 5.74) is 0.752. The molecule has 1 fully saturated rings. The SMILES string of the molecule is CC1CCCN(CCCNC(=O)Nc2ccc(Cl)cc2)C1. The minimum Gasteiger partial charge on any atom is -0.338 e. The van der Waals surface area contributed by atoms with Crippen molar-refractivity contribution < 1.29 is 4.79 Å². The van der Waals surface area contributed by atoms with Crippen LogP contribution in [0.1, 0.15) is 26.2 Å². The summed E-state index contributed by atoms with van der Waals surface area (Å²) in [4.78, 5) is 14.2. The number of hydrogen-bond acceptors (Lipinski definition) is 2. The lowest BCUT2D eigenvalue weighted by Gasteiger charge is -2.30. The van der Waals surface area contributed by atoms with Crippen molar-refractivity contribution in [2.24, 2.45) is 5.92 Å². The molecule has 0 saturated carbocycles. The van der Waals surface area contributed by atoms with E-state index in [1.807, 2.05) is 0 Å². The third kappa shape index (κ3) is 5.94. The van der Waals surface area contributed by atoms with E-state index in [1.54, 1.807) is 24.3 Å². The van der Waals surface area contributed by atoms with Crippen molar-refractivity contribution in [1.82, 2.24) is 10.2 Å². The minimum atomic E-state index is -0.163. The quantitative estimate of drug-likeness (QED) is 0.817. The zero-order chi connectivity index (χ0) is 15.1. The summed E-state index contributed by atoms with van der Waals surface area (Å²) in [6.07, 6.45) is 3.63. The number of hydrogen-bond donors (Lipinski definition) is 2. The number of urea groups is 1. The Morgan fingerprint density at radius 1 is 1.38 bits per heavy atom. The summed E-state index contributed by atoms with van der Waals surface area (Å²) in [5, 5.41) is 6.34. The van der Waals surface area contributed by atoms with Gasteiger partial charge in [0.25, 0.3) is 0 Å². The van der Waals surface area contributed by atoms with Crippen LogP contribution >= 0.6 is 11.6 Å². The Hall–Kier alpha value is -1.26. The molecule has 0 spiro atoms. The standard InChI is InChI=1S/C16H24ClN3O/c1-13-4-2-10-20(12-13)11-3-9-18-16(21)19-15-7-5-14(17)6-8-15/h5-8,13H,2-4,9-12H2,1H3,(H2,18,19,21). The van der Waals surface area contributed by atoms with Crippen molar-refractivity contribution in [2.75, 3.05) is 31.5 Å². The Bertz CT molecular complexity index is 449. The molecule has 1 unspecified atom stereocenters. The van der Waals surface area contributed by atoms with Crippen LogP contribution in [0.25, 0.3) is 0 Å². The molecule has 1 heterocycles. The first-order chi connectivity index (χ1) is 10.1. The molecule has 2 rings (SSSR count). The summed E-state index contributed by atoms with van der Waals surface area (Å²) in [5.74, 6) is 0.805. The molecule has 1 atom stereocenters. The Morgan fingerprint density at radius 2 is 2.14 bits per heavy atom. The predicted molar refractivity (Wildman–Crippen MR) is 87.9 cm³/mol. The first kappa shape index (κ1) is 16.1. The monoisotopic (exact) mass is 309 g/mol. The molecule has 116 valence electrons. The fourth-order valence-corrected chi connectivity index (χ4v) is 2.83. The summed E-state index contributed by atoms with van der Waals surface area (Å²) in [6, 6.07) is 6.93. The highest BCUT2D eigenvalue weighted by atomic mass is 35.5. The van der Waals surface area contributed by atoms with E-state index in [-0.39, 0.29) is 6.03 Å². The van der Waals surface area contributed by atoms with Crippen molar-refractivity contribution >= 4 is 23.3 Å². The third-order valence-corrected chi connectivity index (χ3v) is 4.03. The Labute approximate surface area is 131 Å². The summed E-state index contributed by atoms with van der Waals surface area (Å²) < 4.78 is 0. The molecular weight excluding hydrogens is 286 g/mol. The van der Waals surface area contributed by atoms with E-state index < -0.39 is 0 Å². The fraction of sp³-hybridized carbons (Fsp3) is 0.562. The normalized spacial score (nSPS) is 19.2. The zero-order valence-corrected chi connectivity index (χ0v) is 13.3. The van der Waals surface area contributed by atoms with Gasteiger partial charge in [0.05, 0.1) is 0 Å². The van der Waals surface area contributed by atoms with E-state index in [4.69, 9.17) is 11.6 Å². The lowest BCUT2D eigenvalue weighted by atomic mass is 10.0. The van der Waals surface area contributed by atoms with Gasteiger partial charge in [-0.3, -0.25) is 0 Å². The summed E-state index contributed by atoms with van der Waals surface area (Å²) in [7, 11) is 0. The second-order valence-corrected chi connectivity index (χ2v) is 6.23. The number of carbonyl (C=O) groups excluding carboxylic acids is 1. The second-order valence-electron chi connectivity index (χ2n) is 5.79. The van der Waals surface area contributed by atoms with Crippen molar-refractivity contribution in [3.8, 4) is 0 Å². The topological polar surface area (TPSA) is 44.4 Å². The largest absolute Gasteiger partial charge is 0.338 e. The van der Waals surface area contributed by atoms with E-state index in [0.29, 0.717) is 11.6 Å². The summed E-state index contributed by atoms with van der Waals surface area (Å²) in [6.45, 7) is 6.46. The van der Waals surface area contributed by atoms with Crippen molar-refractivity contribution in [3.05, 3.63) is 29.3 Å². The van der Waals surface area contributed by atoms with Crippen molar-refractivity contribution in [1.29, 1.82) is 0 Å². The number of nitrogens with one attached hydrogen (secondary N) is 2. The fourth-order valence-electron chi connectivity index (χ4n) is 2.70. The highest BCUT2D eigenvalue weighted by molar-refractivity contribution is 6.30. The van der Waals surface area contributed by atoms with Gasteiger partial charge in [-0.15, -0.1) is 0 Å². The van der Waals surface area contributed by atoms with Crippen molar-refractivity contribution in [3.63, 3.8) is 0 Å². The second kappa shape index (κ2) is 8.25. The van der Waals surface area contributed by atoms with Gasteiger partial charge in [-0.1, -0.05) is 18.5 Å². The first-order valence-corrected chi connectivity index (χ1v) is 8.04. The number of piperidine rings is 1. The van der Waals surface area contributed by atoms with E-state index in [2.05, 4.69) is 22.5 Å². The predicted octanol–water partition coefficient (Wildman–Crippen LogP) is 3.58. The molecule has 5 heteroatoms. The van der Waals surface area contributed by atoms with Gasteiger partial charge in [-0.2, -0.15) is 0 Å². The number of amides is 2. The average Bonchev–Trinajstić information content (AvgIpc) is 2.46. The maximum Gasteiger partial charge on any atom is 0.319 e. The van der Waals surface area contributed by atoms with Gasteiger partial charge in [0, 0.05) is 23.8 Å². The molecule has 21 heavy (non-hydrogen) atoms. The number of benzene rings is 1. The molecule has 1 aliphatic rings. The van der Waals surface area contributed by atoms with Crippen molar-refractivity contribution in [2.45, 2.75) is 26.2 Å². The molecule has 0 aromatic heterocycles.